The van der Waals surface area contributed by atoms with Crippen molar-refractivity contribution in [3.05, 3.63) is 34.3 Å². The Hall–Kier alpha value is -0.380. The molecule has 1 aromatic carbocycles. The molecule has 1 aliphatic heterocycles. The summed E-state index contributed by atoms with van der Waals surface area (Å²) in [5, 5.41) is 3.38. The van der Waals surface area contributed by atoms with Crippen molar-refractivity contribution in [2.75, 3.05) is 20.1 Å². The molecule has 0 radical (unpaired) electrons. The number of likely N-dealkylation sites (N-methyl/N-ethyl adjacent to an activating group) is 1. The van der Waals surface area contributed by atoms with Gasteiger partial charge in [-0.1, -0.05) is 28.1 Å². The van der Waals surface area contributed by atoms with Crippen LogP contribution in [0.2, 0.25) is 0 Å². The summed E-state index contributed by atoms with van der Waals surface area (Å²) in [5.74, 6) is 0. The molecule has 0 bridgehead atoms. The number of nitrogens with zero attached hydrogens (tertiary/aromatic N) is 1. The zero-order chi connectivity index (χ0) is 11.4. The first-order valence-electron chi connectivity index (χ1n) is 5.92. The predicted molar refractivity (Wildman–Crippen MR) is 71.5 cm³/mol. The molecule has 1 aliphatic rings. The lowest BCUT2D eigenvalue weighted by Crippen LogP contribution is -2.43. The topological polar surface area (TPSA) is 15.3 Å². The van der Waals surface area contributed by atoms with Gasteiger partial charge in [0.1, 0.15) is 0 Å². The minimum absolute atomic E-state index is 0.671. The molecule has 0 spiro atoms. The van der Waals surface area contributed by atoms with Gasteiger partial charge in [-0.05, 0) is 44.1 Å². The summed E-state index contributed by atoms with van der Waals surface area (Å²) in [6, 6.07) is 9.31. The van der Waals surface area contributed by atoms with Crippen LogP contribution in [0.15, 0.2) is 28.7 Å². The van der Waals surface area contributed by atoms with E-state index in [2.05, 4.69) is 57.5 Å². The van der Waals surface area contributed by atoms with Gasteiger partial charge < -0.3 is 5.32 Å². The van der Waals surface area contributed by atoms with Crippen molar-refractivity contribution in [1.29, 1.82) is 0 Å². The maximum atomic E-state index is 3.47. The number of halogens is 1. The van der Waals surface area contributed by atoms with E-state index in [0.717, 1.165) is 11.0 Å². The number of hydrogen-bond donors (Lipinski definition) is 1. The molecule has 1 heterocycles. The number of nitrogens with one attached hydrogen (secondary N) is 1. The van der Waals surface area contributed by atoms with E-state index in [4.69, 9.17) is 0 Å². The van der Waals surface area contributed by atoms with Gasteiger partial charge in [-0.3, -0.25) is 4.90 Å². The summed E-state index contributed by atoms with van der Waals surface area (Å²) in [7, 11) is 2.06. The van der Waals surface area contributed by atoms with Crippen molar-refractivity contribution < 1.29 is 0 Å². The van der Waals surface area contributed by atoms with Crippen LogP contribution in [0, 0.1) is 0 Å². The Balaban J connectivity index is 1.91. The Labute approximate surface area is 106 Å². The van der Waals surface area contributed by atoms with Crippen molar-refractivity contribution >= 4 is 15.9 Å². The highest BCUT2D eigenvalue weighted by Crippen LogP contribution is 2.15. The summed E-state index contributed by atoms with van der Waals surface area (Å²) in [6.07, 6.45) is 2.62. The zero-order valence-corrected chi connectivity index (χ0v) is 11.3. The molecule has 1 N–H and O–H groups in total. The highest BCUT2D eigenvalue weighted by molar-refractivity contribution is 9.10. The molecule has 1 atom stereocenters. The lowest BCUT2D eigenvalue weighted by Gasteiger charge is -2.32. The largest absolute Gasteiger partial charge is 0.316 e. The van der Waals surface area contributed by atoms with Gasteiger partial charge >= 0.3 is 0 Å². The minimum atomic E-state index is 0.671. The first kappa shape index (κ1) is 12.1. The van der Waals surface area contributed by atoms with E-state index in [1.54, 1.807) is 0 Å². The SMILES string of the molecule is CNC1CCCN(Cc2ccc(Br)cc2)C1. The number of piperidine rings is 1. The average Bonchev–Trinajstić information content (AvgIpc) is 2.32. The van der Waals surface area contributed by atoms with Gasteiger partial charge in [-0.15, -0.1) is 0 Å². The van der Waals surface area contributed by atoms with E-state index in [0.29, 0.717) is 6.04 Å². The number of hydrogen-bond acceptors (Lipinski definition) is 2. The first-order chi connectivity index (χ1) is 7.78. The van der Waals surface area contributed by atoms with Crippen LogP contribution in [0.3, 0.4) is 0 Å². The maximum Gasteiger partial charge on any atom is 0.0234 e. The van der Waals surface area contributed by atoms with Gasteiger partial charge in [0.05, 0.1) is 0 Å². The van der Waals surface area contributed by atoms with Gasteiger partial charge in [-0.2, -0.15) is 0 Å². The van der Waals surface area contributed by atoms with Crippen LogP contribution in [0.5, 0.6) is 0 Å². The second-order valence-corrected chi connectivity index (χ2v) is 5.41. The molecule has 1 saturated heterocycles. The van der Waals surface area contributed by atoms with Gasteiger partial charge in [0.25, 0.3) is 0 Å². The van der Waals surface area contributed by atoms with Crippen molar-refractivity contribution in [2.45, 2.75) is 25.4 Å². The predicted octanol–water partition coefficient (Wildman–Crippen LogP) is 2.63. The molecule has 3 heteroatoms. The van der Waals surface area contributed by atoms with Crippen LogP contribution >= 0.6 is 15.9 Å². The minimum Gasteiger partial charge on any atom is -0.316 e. The Morgan fingerprint density at radius 2 is 2.12 bits per heavy atom. The van der Waals surface area contributed by atoms with E-state index < -0.39 is 0 Å². The quantitative estimate of drug-likeness (QED) is 0.917. The van der Waals surface area contributed by atoms with Gasteiger partial charge in [0, 0.05) is 23.6 Å². The first-order valence-corrected chi connectivity index (χ1v) is 6.71. The van der Waals surface area contributed by atoms with Crippen LogP contribution in [-0.4, -0.2) is 31.1 Å². The van der Waals surface area contributed by atoms with E-state index in [1.165, 1.54) is 31.5 Å². The highest BCUT2D eigenvalue weighted by atomic mass is 79.9. The van der Waals surface area contributed by atoms with Crippen molar-refractivity contribution in [1.82, 2.24) is 10.2 Å². The molecule has 0 saturated carbocycles. The highest BCUT2D eigenvalue weighted by Gasteiger charge is 2.17. The molecule has 2 nitrogen and oxygen atoms in total. The standard InChI is InChI=1S/C13H19BrN2/c1-15-13-3-2-8-16(10-13)9-11-4-6-12(14)7-5-11/h4-7,13,15H,2-3,8-10H2,1H3. The Bertz CT molecular complexity index is 323. The van der Waals surface area contributed by atoms with E-state index >= 15 is 0 Å². The fourth-order valence-corrected chi connectivity index (χ4v) is 2.55. The van der Waals surface area contributed by atoms with Crippen LogP contribution in [-0.2, 0) is 6.54 Å². The number of likely N-dealkylation sites (tertiary alicyclic amines) is 1. The Morgan fingerprint density at radius 3 is 2.81 bits per heavy atom. The molecular formula is C13H19BrN2. The monoisotopic (exact) mass is 282 g/mol. The third-order valence-electron chi connectivity index (χ3n) is 3.23. The normalized spacial score (nSPS) is 22.2. The van der Waals surface area contributed by atoms with Gasteiger partial charge in [0.15, 0.2) is 0 Å². The Morgan fingerprint density at radius 1 is 1.38 bits per heavy atom. The summed E-state index contributed by atoms with van der Waals surface area (Å²) in [6.45, 7) is 3.48. The lowest BCUT2D eigenvalue weighted by molar-refractivity contribution is 0.188. The van der Waals surface area contributed by atoms with Crippen LogP contribution in [0.25, 0.3) is 0 Å². The van der Waals surface area contributed by atoms with E-state index in [1.807, 2.05) is 0 Å². The lowest BCUT2D eigenvalue weighted by atomic mass is 10.1. The summed E-state index contributed by atoms with van der Waals surface area (Å²) >= 11 is 3.47. The van der Waals surface area contributed by atoms with Crippen LogP contribution in [0.1, 0.15) is 18.4 Å². The second-order valence-electron chi connectivity index (χ2n) is 4.49. The van der Waals surface area contributed by atoms with Crippen molar-refractivity contribution in [3.8, 4) is 0 Å². The molecular weight excluding hydrogens is 264 g/mol. The summed E-state index contributed by atoms with van der Waals surface area (Å²) in [4.78, 5) is 2.54. The summed E-state index contributed by atoms with van der Waals surface area (Å²) < 4.78 is 1.16. The molecule has 88 valence electrons. The molecule has 2 rings (SSSR count). The third kappa shape index (κ3) is 3.30. The smallest absolute Gasteiger partial charge is 0.0234 e. The molecule has 0 aromatic heterocycles. The van der Waals surface area contributed by atoms with Gasteiger partial charge in [-0.25, -0.2) is 0 Å². The Kier molecular flexibility index (Phi) is 4.38. The molecule has 1 unspecified atom stereocenters. The fraction of sp³-hybridized carbons (Fsp3) is 0.538. The molecule has 16 heavy (non-hydrogen) atoms. The third-order valence-corrected chi connectivity index (χ3v) is 3.76. The molecule has 1 aromatic rings. The number of benzene rings is 1. The van der Waals surface area contributed by atoms with Crippen molar-refractivity contribution in [3.63, 3.8) is 0 Å². The molecule has 0 amide bonds. The zero-order valence-electron chi connectivity index (χ0n) is 9.75. The van der Waals surface area contributed by atoms with E-state index in [9.17, 15) is 0 Å². The average molecular weight is 283 g/mol. The molecule has 1 fully saturated rings. The van der Waals surface area contributed by atoms with Crippen molar-refractivity contribution in [2.24, 2.45) is 0 Å². The maximum absolute atomic E-state index is 3.47. The molecule has 0 aliphatic carbocycles. The van der Waals surface area contributed by atoms with Gasteiger partial charge in [0.2, 0.25) is 0 Å². The fourth-order valence-electron chi connectivity index (χ4n) is 2.28. The van der Waals surface area contributed by atoms with Crippen LogP contribution < -0.4 is 5.32 Å². The number of rotatable bonds is 3. The van der Waals surface area contributed by atoms with E-state index in [-0.39, 0.29) is 0 Å². The summed E-state index contributed by atoms with van der Waals surface area (Å²) in [5.41, 5.74) is 1.40. The second kappa shape index (κ2) is 5.80. The van der Waals surface area contributed by atoms with Crippen LogP contribution in [0.4, 0.5) is 0 Å².